The minimum Gasteiger partial charge on any atom is -0.462 e. The van der Waals surface area contributed by atoms with Crippen molar-refractivity contribution in [3.05, 3.63) is 54.0 Å². The van der Waals surface area contributed by atoms with Crippen molar-refractivity contribution >= 4 is 27.7 Å². The molecule has 6 nitrogen and oxygen atoms in total. The van der Waals surface area contributed by atoms with E-state index in [9.17, 15) is 13.2 Å². The molecule has 1 saturated heterocycles. The summed E-state index contributed by atoms with van der Waals surface area (Å²) in [5.74, 6) is 1.62. The van der Waals surface area contributed by atoms with Crippen molar-refractivity contribution in [2.75, 3.05) is 18.4 Å². The average molecular weight is 388 g/mol. The molecule has 7 heteroatoms. The second-order valence-corrected chi connectivity index (χ2v) is 8.82. The van der Waals surface area contributed by atoms with Crippen LogP contribution in [0, 0.1) is 12.8 Å². The maximum atomic E-state index is 12.7. The van der Waals surface area contributed by atoms with E-state index in [1.54, 1.807) is 24.3 Å². The number of nitrogens with zero attached hydrogens (tertiary/aromatic N) is 1. The van der Waals surface area contributed by atoms with Gasteiger partial charge in [0, 0.05) is 24.9 Å². The standard InChI is InChI=1S/C20H24N2O4S/c1-15-11-13-22(14-12-15)27(24,25)19-8-4-17(5-9-19)21-20(23)10-7-18-6-3-16(2)26-18/h3-10,15H,11-14H2,1-2H3,(H,21,23)/b10-7+. The molecule has 0 radical (unpaired) electrons. The van der Waals surface area contributed by atoms with Crippen LogP contribution in [0.5, 0.6) is 0 Å². The number of carbonyl (C=O) groups excluding carboxylic acids is 1. The average Bonchev–Trinajstić information content (AvgIpc) is 3.06. The van der Waals surface area contributed by atoms with Crippen molar-refractivity contribution in [1.82, 2.24) is 4.31 Å². The third kappa shape index (κ3) is 4.87. The van der Waals surface area contributed by atoms with Crippen LogP contribution in [0.25, 0.3) is 6.08 Å². The Kier molecular flexibility index (Phi) is 5.82. The van der Waals surface area contributed by atoms with Crippen LogP contribution in [0.1, 0.15) is 31.3 Å². The Bertz CT molecular complexity index is 921. The van der Waals surface area contributed by atoms with Crippen LogP contribution in [-0.2, 0) is 14.8 Å². The largest absolute Gasteiger partial charge is 0.462 e. The monoisotopic (exact) mass is 388 g/mol. The van der Waals surface area contributed by atoms with Crippen molar-refractivity contribution in [3.63, 3.8) is 0 Å². The smallest absolute Gasteiger partial charge is 0.248 e. The Morgan fingerprint density at radius 3 is 2.41 bits per heavy atom. The molecule has 0 aliphatic carbocycles. The first-order chi connectivity index (χ1) is 12.8. The Hall–Kier alpha value is -2.38. The minimum absolute atomic E-state index is 0.247. The van der Waals surface area contributed by atoms with E-state index in [2.05, 4.69) is 12.2 Å². The van der Waals surface area contributed by atoms with Gasteiger partial charge in [-0.25, -0.2) is 8.42 Å². The van der Waals surface area contributed by atoms with E-state index >= 15 is 0 Å². The summed E-state index contributed by atoms with van der Waals surface area (Å²) >= 11 is 0. The van der Waals surface area contributed by atoms with Gasteiger partial charge in [0.05, 0.1) is 4.90 Å². The van der Waals surface area contributed by atoms with Gasteiger partial charge >= 0.3 is 0 Å². The lowest BCUT2D eigenvalue weighted by Crippen LogP contribution is -2.37. The molecule has 0 atom stereocenters. The number of aryl methyl sites for hydroxylation is 1. The van der Waals surface area contributed by atoms with Crippen LogP contribution in [0.3, 0.4) is 0 Å². The summed E-state index contributed by atoms with van der Waals surface area (Å²) < 4.78 is 32.3. The molecule has 2 heterocycles. The van der Waals surface area contributed by atoms with Gasteiger partial charge in [-0.3, -0.25) is 4.79 Å². The zero-order valence-electron chi connectivity index (χ0n) is 15.5. The Balaban J connectivity index is 1.62. The zero-order valence-corrected chi connectivity index (χ0v) is 16.3. The number of carbonyl (C=O) groups is 1. The highest BCUT2D eigenvalue weighted by atomic mass is 32.2. The van der Waals surface area contributed by atoms with Gasteiger partial charge in [-0.1, -0.05) is 6.92 Å². The van der Waals surface area contributed by atoms with Crippen molar-refractivity contribution < 1.29 is 17.6 Å². The predicted molar refractivity (Wildman–Crippen MR) is 105 cm³/mol. The van der Waals surface area contributed by atoms with E-state index in [1.807, 2.05) is 13.0 Å². The molecule has 1 fully saturated rings. The van der Waals surface area contributed by atoms with Gasteiger partial charge in [-0.05, 0) is 68.2 Å². The number of nitrogens with one attached hydrogen (secondary N) is 1. The fourth-order valence-corrected chi connectivity index (χ4v) is 4.44. The maximum absolute atomic E-state index is 12.7. The van der Waals surface area contributed by atoms with Crippen LogP contribution in [0.2, 0.25) is 0 Å². The third-order valence-corrected chi connectivity index (χ3v) is 6.58. The van der Waals surface area contributed by atoms with E-state index in [0.717, 1.165) is 18.6 Å². The lowest BCUT2D eigenvalue weighted by molar-refractivity contribution is -0.111. The van der Waals surface area contributed by atoms with Crippen molar-refractivity contribution in [1.29, 1.82) is 0 Å². The number of sulfonamides is 1. The molecule has 144 valence electrons. The van der Waals surface area contributed by atoms with Gasteiger partial charge in [0.15, 0.2) is 0 Å². The summed E-state index contributed by atoms with van der Waals surface area (Å²) in [5, 5.41) is 2.71. The highest BCUT2D eigenvalue weighted by Gasteiger charge is 2.27. The molecule has 0 unspecified atom stereocenters. The summed E-state index contributed by atoms with van der Waals surface area (Å²) in [6, 6.07) is 9.86. The summed E-state index contributed by atoms with van der Waals surface area (Å²) in [4.78, 5) is 12.2. The first kappa shape index (κ1) is 19.4. The number of hydrogen-bond donors (Lipinski definition) is 1. The van der Waals surface area contributed by atoms with E-state index in [0.29, 0.717) is 30.5 Å². The Morgan fingerprint density at radius 1 is 1.15 bits per heavy atom. The topological polar surface area (TPSA) is 79.6 Å². The first-order valence-corrected chi connectivity index (χ1v) is 10.4. The molecule has 1 aromatic heterocycles. The SMILES string of the molecule is Cc1ccc(/C=C/C(=O)Nc2ccc(S(=O)(=O)N3CCC(C)CC3)cc2)o1. The highest BCUT2D eigenvalue weighted by Crippen LogP contribution is 2.24. The quantitative estimate of drug-likeness (QED) is 0.793. The van der Waals surface area contributed by atoms with Crippen molar-refractivity contribution in [3.8, 4) is 0 Å². The van der Waals surface area contributed by atoms with Crippen molar-refractivity contribution in [2.24, 2.45) is 5.92 Å². The second-order valence-electron chi connectivity index (χ2n) is 6.88. The number of benzene rings is 1. The molecule has 2 aromatic rings. The normalized spacial score (nSPS) is 16.7. The predicted octanol–water partition coefficient (Wildman–Crippen LogP) is 3.66. The molecule has 0 spiro atoms. The van der Waals surface area contributed by atoms with Crippen molar-refractivity contribution in [2.45, 2.75) is 31.6 Å². The van der Waals surface area contributed by atoms with Gasteiger partial charge in [-0.2, -0.15) is 4.31 Å². The fraction of sp³-hybridized carbons (Fsp3) is 0.350. The van der Waals surface area contributed by atoms with Gasteiger partial charge in [-0.15, -0.1) is 0 Å². The molecular weight excluding hydrogens is 364 g/mol. The van der Waals surface area contributed by atoms with E-state index in [4.69, 9.17) is 4.42 Å². The molecule has 1 aliphatic rings. The molecule has 1 amide bonds. The summed E-state index contributed by atoms with van der Waals surface area (Å²) in [7, 11) is -3.48. The summed E-state index contributed by atoms with van der Waals surface area (Å²) in [6.45, 7) is 5.08. The van der Waals surface area contributed by atoms with Gasteiger partial charge < -0.3 is 9.73 Å². The second kappa shape index (κ2) is 8.10. The van der Waals surface area contributed by atoms with E-state index in [1.165, 1.54) is 22.5 Å². The van der Waals surface area contributed by atoms with Crippen LogP contribution in [0.15, 0.2) is 51.8 Å². The molecule has 0 saturated carbocycles. The lowest BCUT2D eigenvalue weighted by Gasteiger charge is -2.29. The zero-order chi connectivity index (χ0) is 19.4. The number of piperidine rings is 1. The maximum Gasteiger partial charge on any atom is 0.248 e. The molecule has 0 bridgehead atoms. The molecule has 1 aliphatic heterocycles. The van der Waals surface area contributed by atoms with Crippen LogP contribution in [-0.4, -0.2) is 31.7 Å². The fourth-order valence-electron chi connectivity index (χ4n) is 2.97. The van der Waals surface area contributed by atoms with Crippen LogP contribution < -0.4 is 5.32 Å². The van der Waals surface area contributed by atoms with Crippen LogP contribution >= 0.6 is 0 Å². The van der Waals surface area contributed by atoms with Crippen LogP contribution in [0.4, 0.5) is 5.69 Å². The number of rotatable bonds is 5. The molecular formula is C20H24N2O4S. The Labute approximate surface area is 159 Å². The van der Waals surface area contributed by atoms with Gasteiger partial charge in [0.1, 0.15) is 11.5 Å². The lowest BCUT2D eigenvalue weighted by atomic mass is 10.0. The third-order valence-electron chi connectivity index (χ3n) is 4.66. The van der Waals surface area contributed by atoms with Gasteiger partial charge in [0.25, 0.3) is 0 Å². The minimum atomic E-state index is -3.48. The first-order valence-electron chi connectivity index (χ1n) is 9.00. The molecule has 1 aromatic carbocycles. The number of furan rings is 1. The summed E-state index contributed by atoms with van der Waals surface area (Å²) in [5.41, 5.74) is 0.534. The Morgan fingerprint density at radius 2 is 1.81 bits per heavy atom. The molecule has 3 rings (SSSR count). The summed E-state index contributed by atoms with van der Waals surface area (Å²) in [6.07, 6.45) is 4.72. The molecule has 27 heavy (non-hydrogen) atoms. The number of amides is 1. The highest BCUT2D eigenvalue weighted by molar-refractivity contribution is 7.89. The van der Waals surface area contributed by atoms with E-state index < -0.39 is 10.0 Å². The van der Waals surface area contributed by atoms with E-state index in [-0.39, 0.29) is 10.8 Å². The van der Waals surface area contributed by atoms with Gasteiger partial charge in [0.2, 0.25) is 15.9 Å². The number of anilines is 1. The molecule has 1 N–H and O–H groups in total. The number of hydrogen-bond acceptors (Lipinski definition) is 4.